The Bertz CT molecular complexity index is 301. The molecule has 0 spiro atoms. The lowest BCUT2D eigenvalue weighted by Crippen LogP contribution is -2.04. The molecule has 15 heavy (non-hydrogen) atoms. The van der Waals surface area contributed by atoms with E-state index < -0.39 is 11.9 Å². The molecule has 0 bridgehead atoms. The zero-order chi connectivity index (χ0) is 11.7. The molecular formula is C10H12O5. The van der Waals surface area contributed by atoms with Crippen molar-refractivity contribution in [3.05, 3.63) is 24.0 Å². The van der Waals surface area contributed by atoms with Crippen LogP contribution in [0.3, 0.4) is 0 Å². The van der Waals surface area contributed by atoms with Crippen molar-refractivity contribution in [2.45, 2.75) is 13.8 Å². The minimum Gasteiger partial charge on any atom is -0.458 e. The van der Waals surface area contributed by atoms with Gasteiger partial charge >= 0.3 is 11.9 Å². The summed E-state index contributed by atoms with van der Waals surface area (Å²) < 4.78 is 9.24. The topological polar surface area (TPSA) is 69.7 Å². The highest BCUT2D eigenvalue weighted by molar-refractivity contribution is 5.83. The van der Waals surface area contributed by atoms with Gasteiger partial charge in [-0.05, 0) is 19.1 Å². The summed E-state index contributed by atoms with van der Waals surface area (Å²) >= 11 is 0. The summed E-state index contributed by atoms with van der Waals surface area (Å²) in [5.74, 6) is -0.978. The van der Waals surface area contributed by atoms with Gasteiger partial charge in [0.25, 0.3) is 0 Å². The highest BCUT2D eigenvalue weighted by Crippen LogP contribution is 1.96. The van der Waals surface area contributed by atoms with Gasteiger partial charge in [0.05, 0.1) is 6.08 Å². The van der Waals surface area contributed by atoms with E-state index >= 15 is 0 Å². The van der Waals surface area contributed by atoms with Gasteiger partial charge in [-0.3, -0.25) is 9.59 Å². The van der Waals surface area contributed by atoms with Gasteiger partial charge in [-0.15, -0.1) is 0 Å². The van der Waals surface area contributed by atoms with Crippen LogP contribution < -0.4 is 0 Å². The Morgan fingerprint density at radius 1 is 1.27 bits per heavy atom. The van der Waals surface area contributed by atoms with Gasteiger partial charge in [0.15, 0.2) is 0 Å². The molecule has 0 heterocycles. The van der Waals surface area contributed by atoms with E-state index in [4.69, 9.17) is 0 Å². The first-order chi connectivity index (χ1) is 7.06. The van der Waals surface area contributed by atoms with Crippen LogP contribution in [0, 0.1) is 0 Å². The van der Waals surface area contributed by atoms with Crippen molar-refractivity contribution in [2.75, 3.05) is 6.61 Å². The molecule has 0 atom stereocenters. The third-order valence-electron chi connectivity index (χ3n) is 1.16. The number of hydrogen-bond acceptors (Lipinski definition) is 5. The molecule has 5 heteroatoms. The fourth-order valence-electron chi connectivity index (χ4n) is 0.705. The van der Waals surface area contributed by atoms with Crippen LogP contribution >= 0.6 is 0 Å². The number of carbonyl (C=O) groups is 3. The number of carbonyl (C=O) groups excluding carboxylic acids is 3. The molecule has 0 saturated carbocycles. The Labute approximate surface area is 87.4 Å². The van der Waals surface area contributed by atoms with Crippen LogP contribution in [0.4, 0.5) is 0 Å². The smallest absolute Gasteiger partial charge is 0.334 e. The lowest BCUT2D eigenvalue weighted by Gasteiger charge is -2.00. The van der Waals surface area contributed by atoms with Gasteiger partial charge in [-0.1, -0.05) is 0 Å². The summed E-state index contributed by atoms with van der Waals surface area (Å²) in [6, 6.07) is 0. The molecule has 0 aliphatic heterocycles. The summed E-state index contributed by atoms with van der Waals surface area (Å²) in [5.41, 5.74) is 0. The second-order valence-corrected chi connectivity index (χ2v) is 2.54. The minimum atomic E-state index is -0.635. The van der Waals surface area contributed by atoms with Gasteiger partial charge in [0.1, 0.15) is 18.7 Å². The summed E-state index contributed by atoms with van der Waals surface area (Å²) in [7, 11) is 0. The summed E-state index contributed by atoms with van der Waals surface area (Å²) in [6.07, 6.45) is 4.24. The largest absolute Gasteiger partial charge is 0.458 e. The van der Waals surface area contributed by atoms with Crippen LogP contribution in [-0.4, -0.2) is 24.8 Å². The molecule has 0 N–H and O–H groups in total. The molecule has 0 aromatic carbocycles. The Balaban J connectivity index is 3.95. The average molecular weight is 212 g/mol. The molecule has 5 nitrogen and oxygen atoms in total. The van der Waals surface area contributed by atoms with Crippen LogP contribution in [0.15, 0.2) is 24.0 Å². The minimum absolute atomic E-state index is 0.00141. The highest BCUT2D eigenvalue weighted by Gasteiger charge is 2.00. The van der Waals surface area contributed by atoms with Crippen molar-refractivity contribution in [1.29, 1.82) is 0 Å². The van der Waals surface area contributed by atoms with Gasteiger partial charge in [0.2, 0.25) is 0 Å². The summed E-state index contributed by atoms with van der Waals surface area (Å²) in [4.78, 5) is 31.3. The Kier molecular flexibility index (Phi) is 6.54. The number of esters is 2. The number of ether oxygens (including phenoxy) is 2. The Morgan fingerprint density at radius 2 is 1.93 bits per heavy atom. The average Bonchev–Trinajstić information content (AvgIpc) is 2.10. The van der Waals surface area contributed by atoms with Crippen LogP contribution in [-0.2, 0) is 23.9 Å². The molecule has 0 aromatic heterocycles. The lowest BCUT2D eigenvalue weighted by atomic mass is 10.5. The molecule has 0 unspecified atom stereocenters. The molecule has 0 aliphatic rings. The maximum absolute atomic E-state index is 11.0. The molecule has 0 rings (SSSR count). The number of hydrogen-bond donors (Lipinski definition) is 0. The lowest BCUT2D eigenvalue weighted by molar-refractivity contribution is -0.138. The standard InChI is InChI=1S/C10H12O5/c1-8(15-9(2)12)7-10(13)14-6-4-3-5-11/h3-5,7H,6H2,1-2H3/b4-3+,8-7-. The van der Waals surface area contributed by atoms with Crippen molar-refractivity contribution in [2.24, 2.45) is 0 Å². The van der Waals surface area contributed by atoms with E-state index in [1.54, 1.807) is 0 Å². The van der Waals surface area contributed by atoms with E-state index in [1.807, 2.05) is 0 Å². The first-order valence-electron chi connectivity index (χ1n) is 4.20. The summed E-state index contributed by atoms with van der Waals surface area (Å²) in [6.45, 7) is 2.70. The maximum atomic E-state index is 11.0. The number of rotatable bonds is 5. The van der Waals surface area contributed by atoms with Crippen LogP contribution in [0.1, 0.15) is 13.8 Å². The second kappa shape index (κ2) is 7.49. The van der Waals surface area contributed by atoms with E-state index in [0.717, 1.165) is 6.08 Å². The molecule has 0 aromatic rings. The SMILES string of the molecule is CC(=O)O/C(C)=C\C(=O)OC/C=C/C=O. The Hall–Kier alpha value is -1.91. The van der Waals surface area contributed by atoms with E-state index in [2.05, 4.69) is 9.47 Å². The fraction of sp³-hybridized carbons (Fsp3) is 0.300. The number of aldehydes is 1. The first-order valence-corrected chi connectivity index (χ1v) is 4.20. The molecule has 0 saturated heterocycles. The van der Waals surface area contributed by atoms with Crippen LogP contribution in [0.2, 0.25) is 0 Å². The predicted octanol–water partition coefficient (Wildman–Crippen LogP) is 0.752. The van der Waals surface area contributed by atoms with Crippen molar-refractivity contribution in [1.82, 2.24) is 0 Å². The van der Waals surface area contributed by atoms with Crippen molar-refractivity contribution in [3.63, 3.8) is 0 Å². The summed E-state index contributed by atoms with van der Waals surface area (Å²) in [5, 5.41) is 0. The number of allylic oxidation sites excluding steroid dienone is 2. The zero-order valence-corrected chi connectivity index (χ0v) is 8.56. The first kappa shape index (κ1) is 13.1. The normalized spacial score (nSPS) is 11.2. The van der Waals surface area contributed by atoms with Crippen LogP contribution in [0.25, 0.3) is 0 Å². The molecule has 0 fully saturated rings. The van der Waals surface area contributed by atoms with E-state index in [0.29, 0.717) is 6.29 Å². The molecular weight excluding hydrogens is 200 g/mol. The van der Waals surface area contributed by atoms with Crippen molar-refractivity contribution < 1.29 is 23.9 Å². The van der Waals surface area contributed by atoms with Gasteiger partial charge in [-0.2, -0.15) is 0 Å². The predicted molar refractivity (Wildman–Crippen MR) is 51.7 cm³/mol. The Morgan fingerprint density at radius 3 is 2.47 bits per heavy atom. The third kappa shape index (κ3) is 8.42. The quantitative estimate of drug-likeness (QED) is 0.291. The zero-order valence-electron chi connectivity index (χ0n) is 8.56. The second-order valence-electron chi connectivity index (χ2n) is 2.54. The van der Waals surface area contributed by atoms with Crippen molar-refractivity contribution in [3.8, 4) is 0 Å². The molecule has 0 aliphatic carbocycles. The molecule has 82 valence electrons. The van der Waals surface area contributed by atoms with Crippen LogP contribution in [0.5, 0.6) is 0 Å². The highest BCUT2D eigenvalue weighted by atomic mass is 16.5. The van der Waals surface area contributed by atoms with E-state index in [9.17, 15) is 14.4 Å². The van der Waals surface area contributed by atoms with E-state index in [1.165, 1.54) is 26.0 Å². The maximum Gasteiger partial charge on any atom is 0.334 e. The fourth-order valence-corrected chi connectivity index (χ4v) is 0.705. The van der Waals surface area contributed by atoms with Gasteiger partial charge in [-0.25, -0.2) is 4.79 Å². The molecule has 0 radical (unpaired) electrons. The molecule has 0 amide bonds. The van der Waals surface area contributed by atoms with Gasteiger partial charge < -0.3 is 9.47 Å². The monoisotopic (exact) mass is 212 g/mol. The van der Waals surface area contributed by atoms with Crippen molar-refractivity contribution >= 4 is 18.2 Å². The van der Waals surface area contributed by atoms with Gasteiger partial charge in [0, 0.05) is 6.92 Å². The van der Waals surface area contributed by atoms with E-state index in [-0.39, 0.29) is 12.4 Å². The third-order valence-corrected chi connectivity index (χ3v) is 1.16.